The van der Waals surface area contributed by atoms with Crippen LogP contribution in [-0.4, -0.2) is 37.0 Å². The molecule has 0 aromatic rings. The second kappa shape index (κ2) is 7.23. The molecule has 0 aliphatic carbocycles. The molecule has 0 aromatic heterocycles. The van der Waals surface area contributed by atoms with Crippen LogP contribution in [0.2, 0.25) is 0 Å². The zero-order chi connectivity index (χ0) is 11.8. The van der Waals surface area contributed by atoms with Crippen LogP contribution in [0.25, 0.3) is 0 Å². The zero-order valence-electron chi connectivity index (χ0n) is 9.95. The van der Waals surface area contributed by atoms with Gasteiger partial charge < -0.3 is 10.2 Å². The summed E-state index contributed by atoms with van der Waals surface area (Å²) >= 11 is 0. The smallest absolute Gasteiger partial charge is 0.223 e. The minimum absolute atomic E-state index is 0.215. The van der Waals surface area contributed by atoms with Gasteiger partial charge in [-0.2, -0.15) is 0 Å². The first-order valence-corrected chi connectivity index (χ1v) is 5.98. The van der Waals surface area contributed by atoms with Gasteiger partial charge >= 0.3 is 0 Å². The van der Waals surface area contributed by atoms with E-state index in [1.54, 1.807) is 17.1 Å². The van der Waals surface area contributed by atoms with E-state index >= 15 is 0 Å². The summed E-state index contributed by atoms with van der Waals surface area (Å²) in [4.78, 5) is 13.7. The van der Waals surface area contributed by atoms with Gasteiger partial charge in [-0.15, -0.1) is 13.2 Å². The molecule has 1 aliphatic heterocycles. The molecule has 0 saturated carbocycles. The van der Waals surface area contributed by atoms with Gasteiger partial charge in [-0.05, 0) is 31.8 Å². The number of hydrogen-bond acceptors (Lipinski definition) is 2. The number of amides is 1. The average Bonchev–Trinajstić information content (AvgIpc) is 2.78. The topological polar surface area (TPSA) is 32.3 Å². The molecule has 1 fully saturated rings. The van der Waals surface area contributed by atoms with Gasteiger partial charge in [-0.3, -0.25) is 4.79 Å². The Hall–Kier alpha value is -1.09. The molecular weight excluding hydrogens is 200 g/mol. The Balaban J connectivity index is 2.29. The molecule has 1 atom stereocenters. The molecule has 1 aliphatic rings. The van der Waals surface area contributed by atoms with Crippen LogP contribution in [0.4, 0.5) is 0 Å². The van der Waals surface area contributed by atoms with Crippen molar-refractivity contribution < 1.29 is 4.79 Å². The summed E-state index contributed by atoms with van der Waals surface area (Å²) in [6.45, 7) is 10.7. The molecule has 90 valence electrons. The lowest BCUT2D eigenvalue weighted by Crippen LogP contribution is -2.31. The highest BCUT2D eigenvalue weighted by molar-refractivity contribution is 5.76. The Bertz CT molecular complexity index is 234. The third-order valence-corrected chi connectivity index (χ3v) is 2.98. The molecule has 16 heavy (non-hydrogen) atoms. The molecule has 0 bridgehead atoms. The Morgan fingerprint density at radius 2 is 2.06 bits per heavy atom. The predicted molar refractivity (Wildman–Crippen MR) is 67.2 cm³/mol. The quantitative estimate of drug-likeness (QED) is 0.663. The Morgan fingerprint density at radius 3 is 2.56 bits per heavy atom. The molecule has 0 aromatic carbocycles. The van der Waals surface area contributed by atoms with Gasteiger partial charge in [0.1, 0.15) is 0 Å². The van der Waals surface area contributed by atoms with E-state index in [1.807, 2.05) is 0 Å². The van der Waals surface area contributed by atoms with E-state index in [2.05, 4.69) is 18.5 Å². The summed E-state index contributed by atoms with van der Waals surface area (Å²) in [6, 6.07) is 0. The van der Waals surface area contributed by atoms with Crippen LogP contribution in [0.1, 0.15) is 19.3 Å². The molecule has 3 nitrogen and oxygen atoms in total. The lowest BCUT2D eigenvalue weighted by molar-refractivity contribution is -0.130. The van der Waals surface area contributed by atoms with Crippen LogP contribution in [0, 0.1) is 5.92 Å². The Labute approximate surface area is 98.2 Å². The van der Waals surface area contributed by atoms with Gasteiger partial charge in [0.2, 0.25) is 5.91 Å². The molecule has 1 rings (SSSR count). The van der Waals surface area contributed by atoms with Gasteiger partial charge in [-0.1, -0.05) is 12.2 Å². The average molecular weight is 222 g/mol. The molecule has 1 N–H and O–H groups in total. The minimum atomic E-state index is 0.215. The van der Waals surface area contributed by atoms with Gasteiger partial charge in [0.15, 0.2) is 0 Å². The van der Waals surface area contributed by atoms with E-state index in [4.69, 9.17) is 0 Å². The maximum atomic E-state index is 11.9. The third-order valence-electron chi connectivity index (χ3n) is 2.98. The van der Waals surface area contributed by atoms with Gasteiger partial charge in [0, 0.05) is 19.5 Å². The van der Waals surface area contributed by atoms with Crippen molar-refractivity contribution in [3.63, 3.8) is 0 Å². The molecule has 0 spiro atoms. The molecule has 1 amide bonds. The van der Waals surface area contributed by atoms with Crippen molar-refractivity contribution in [2.24, 2.45) is 5.92 Å². The van der Waals surface area contributed by atoms with Gasteiger partial charge in [0.05, 0.1) is 0 Å². The van der Waals surface area contributed by atoms with Crippen molar-refractivity contribution >= 4 is 5.91 Å². The number of rotatable bonds is 7. The fraction of sp³-hybridized carbons (Fsp3) is 0.615. The molecule has 1 saturated heterocycles. The number of nitrogens with one attached hydrogen (secondary N) is 1. The summed E-state index contributed by atoms with van der Waals surface area (Å²) in [5.74, 6) is 0.893. The van der Waals surface area contributed by atoms with E-state index in [0.29, 0.717) is 25.4 Å². The lowest BCUT2D eigenvalue weighted by Gasteiger charge is -2.20. The fourth-order valence-electron chi connectivity index (χ4n) is 2.04. The summed E-state index contributed by atoms with van der Waals surface area (Å²) < 4.78 is 0. The maximum Gasteiger partial charge on any atom is 0.223 e. The van der Waals surface area contributed by atoms with Crippen LogP contribution in [-0.2, 0) is 4.79 Å². The SMILES string of the molecule is C=CCN(CC=C)C(=O)CCC1CCNC1. The van der Waals surface area contributed by atoms with Crippen LogP contribution >= 0.6 is 0 Å². The molecular formula is C13H22N2O. The van der Waals surface area contributed by atoms with Crippen molar-refractivity contribution in [2.45, 2.75) is 19.3 Å². The van der Waals surface area contributed by atoms with Gasteiger partial charge in [-0.25, -0.2) is 0 Å². The number of carbonyl (C=O) groups is 1. The first-order valence-electron chi connectivity index (χ1n) is 5.98. The largest absolute Gasteiger partial charge is 0.335 e. The summed E-state index contributed by atoms with van der Waals surface area (Å²) in [5, 5.41) is 3.32. The van der Waals surface area contributed by atoms with E-state index in [-0.39, 0.29) is 5.91 Å². The van der Waals surface area contributed by atoms with Crippen LogP contribution < -0.4 is 5.32 Å². The number of nitrogens with zero attached hydrogens (tertiary/aromatic N) is 1. The van der Waals surface area contributed by atoms with Crippen LogP contribution in [0.3, 0.4) is 0 Å². The summed E-state index contributed by atoms with van der Waals surface area (Å²) in [5.41, 5.74) is 0. The standard InChI is InChI=1S/C13H22N2O/c1-3-9-15(10-4-2)13(16)6-5-12-7-8-14-11-12/h3-4,12,14H,1-2,5-11H2. The number of carbonyl (C=O) groups excluding carboxylic acids is 1. The zero-order valence-corrected chi connectivity index (χ0v) is 9.95. The first-order chi connectivity index (χ1) is 7.77. The van der Waals surface area contributed by atoms with E-state index in [9.17, 15) is 4.79 Å². The maximum absolute atomic E-state index is 11.9. The number of hydrogen-bond donors (Lipinski definition) is 1. The van der Waals surface area contributed by atoms with Crippen molar-refractivity contribution in [3.8, 4) is 0 Å². The van der Waals surface area contributed by atoms with Crippen LogP contribution in [0.5, 0.6) is 0 Å². The van der Waals surface area contributed by atoms with Crippen LogP contribution in [0.15, 0.2) is 25.3 Å². The monoisotopic (exact) mass is 222 g/mol. The third kappa shape index (κ3) is 4.19. The minimum Gasteiger partial charge on any atom is -0.335 e. The van der Waals surface area contributed by atoms with Crippen molar-refractivity contribution in [2.75, 3.05) is 26.2 Å². The highest BCUT2D eigenvalue weighted by Crippen LogP contribution is 2.15. The Kier molecular flexibility index (Phi) is 5.86. The highest BCUT2D eigenvalue weighted by Gasteiger charge is 2.17. The second-order valence-corrected chi connectivity index (χ2v) is 4.27. The molecule has 3 heteroatoms. The first kappa shape index (κ1) is 13.0. The molecule has 1 unspecified atom stereocenters. The summed E-state index contributed by atoms with van der Waals surface area (Å²) in [7, 11) is 0. The van der Waals surface area contributed by atoms with Crippen molar-refractivity contribution in [1.29, 1.82) is 0 Å². The van der Waals surface area contributed by atoms with E-state index in [1.165, 1.54) is 6.42 Å². The predicted octanol–water partition coefficient (Wildman–Crippen LogP) is 1.58. The Morgan fingerprint density at radius 1 is 1.38 bits per heavy atom. The molecule has 1 heterocycles. The summed E-state index contributed by atoms with van der Waals surface area (Å²) in [6.07, 6.45) is 6.37. The normalized spacial score (nSPS) is 19.4. The molecule has 0 radical (unpaired) electrons. The van der Waals surface area contributed by atoms with Crippen molar-refractivity contribution in [3.05, 3.63) is 25.3 Å². The fourth-order valence-corrected chi connectivity index (χ4v) is 2.04. The van der Waals surface area contributed by atoms with Crippen molar-refractivity contribution in [1.82, 2.24) is 10.2 Å². The highest BCUT2D eigenvalue weighted by atomic mass is 16.2. The lowest BCUT2D eigenvalue weighted by atomic mass is 10.0. The second-order valence-electron chi connectivity index (χ2n) is 4.27. The van der Waals surface area contributed by atoms with Gasteiger partial charge in [0.25, 0.3) is 0 Å². The van der Waals surface area contributed by atoms with E-state index in [0.717, 1.165) is 19.5 Å². The van der Waals surface area contributed by atoms with E-state index < -0.39 is 0 Å².